The van der Waals surface area contributed by atoms with Crippen LogP contribution in [0, 0.1) is 0 Å². The second-order valence-corrected chi connectivity index (χ2v) is 7.11. The number of ether oxygens (including phenoxy) is 4. The van der Waals surface area contributed by atoms with E-state index >= 15 is 0 Å². The molecule has 2 aromatic rings. The maximum Gasteiger partial charge on any atom is 0.161 e. The highest BCUT2D eigenvalue weighted by atomic mass is 16.6. The van der Waals surface area contributed by atoms with Crippen molar-refractivity contribution in [3.05, 3.63) is 48.0 Å². The third-order valence-electron chi connectivity index (χ3n) is 4.61. The highest BCUT2D eigenvalue weighted by molar-refractivity contribution is 5.94. The summed E-state index contributed by atoms with van der Waals surface area (Å²) in [5.74, 6) is 2.39. The van der Waals surface area contributed by atoms with E-state index in [0.29, 0.717) is 36.8 Å². The Morgan fingerprint density at radius 2 is 2.00 bits per heavy atom. The van der Waals surface area contributed by atoms with Gasteiger partial charge in [-0.05, 0) is 44.3 Å². The number of aliphatic hydroxyl groups is 1. The van der Waals surface area contributed by atoms with Crippen LogP contribution in [0.2, 0.25) is 0 Å². The van der Waals surface area contributed by atoms with Crippen LogP contribution in [0.3, 0.4) is 0 Å². The molecule has 0 saturated carbocycles. The topological polar surface area (TPSA) is 77.5 Å². The van der Waals surface area contributed by atoms with Gasteiger partial charge >= 0.3 is 0 Å². The maximum absolute atomic E-state index is 11.5. The monoisotopic (exact) mass is 401 g/mol. The van der Waals surface area contributed by atoms with E-state index in [1.807, 2.05) is 36.2 Å². The number of para-hydroxylation sites is 2. The van der Waals surface area contributed by atoms with Crippen molar-refractivity contribution in [1.82, 2.24) is 4.90 Å². The van der Waals surface area contributed by atoms with Crippen molar-refractivity contribution < 1.29 is 28.8 Å². The van der Waals surface area contributed by atoms with E-state index in [0.717, 1.165) is 11.5 Å². The van der Waals surface area contributed by atoms with E-state index < -0.39 is 6.10 Å². The Labute approximate surface area is 170 Å². The summed E-state index contributed by atoms with van der Waals surface area (Å²) in [6, 6.07) is 12.6. The van der Waals surface area contributed by atoms with Crippen molar-refractivity contribution in [2.75, 3.05) is 40.5 Å². The molecule has 7 nitrogen and oxygen atoms in total. The lowest BCUT2D eigenvalue weighted by molar-refractivity contribution is 0.0370. The molecule has 0 aromatic heterocycles. The van der Waals surface area contributed by atoms with Gasteiger partial charge in [0, 0.05) is 18.7 Å². The first-order valence-corrected chi connectivity index (χ1v) is 9.53. The molecule has 2 aromatic carbocycles. The third-order valence-corrected chi connectivity index (χ3v) is 4.61. The van der Waals surface area contributed by atoms with Gasteiger partial charge in [0.05, 0.1) is 7.11 Å². The molecule has 0 amide bonds. The minimum absolute atomic E-state index is 0.0481. The first kappa shape index (κ1) is 21.0. The van der Waals surface area contributed by atoms with E-state index in [-0.39, 0.29) is 18.5 Å². The third kappa shape index (κ3) is 5.62. The Hall–Kier alpha value is -2.77. The maximum atomic E-state index is 11.5. The molecule has 0 bridgehead atoms. The number of methoxy groups -OCH3 is 1. The molecular formula is C22H27NO6. The highest BCUT2D eigenvalue weighted by Crippen LogP contribution is 2.31. The zero-order chi connectivity index (χ0) is 20.8. The highest BCUT2D eigenvalue weighted by Gasteiger charge is 2.23. The molecule has 3 rings (SSSR count). The number of carbonyl (C=O) groups is 1. The van der Waals surface area contributed by atoms with E-state index in [2.05, 4.69) is 0 Å². The SMILES string of the molecule is COc1cc(C(C)=O)ccc1OCC(O)CN(C)CC1COc2ccccc2O1. The van der Waals surface area contributed by atoms with Gasteiger partial charge in [-0.2, -0.15) is 0 Å². The molecule has 1 N–H and O–H groups in total. The Morgan fingerprint density at radius 1 is 1.24 bits per heavy atom. The molecule has 0 aliphatic carbocycles. The van der Waals surface area contributed by atoms with Gasteiger partial charge in [-0.3, -0.25) is 9.69 Å². The Morgan fingerprint density at radius 3 is 2.72 bits per heavy atom. The van der Waals surface area contributed by atoms with Crippen molar-refractivity contribution in [3.63, 3.8) is 0 Å². The second kappa shape index (κ2) is 9.62. The number of likely N-dealkylation sites (N-methyl/N-ethyl adjacent to an activating group) is 1. The number of fused-ring (bicyclic) bond motifs is 1. The van der Waals surface area contributed by atoms with Crippen molar-refractivity contribution in [2.45, 2.75) is 19.1 Å². The van der Waals surface area contributed by atoms with Crippen LogP contribution >= 0.6 is 0 Å². The number of Topliss-reactive ketones (excluding diaryl/α,β-unsaturated/α-hetero) is 1. The number of ketones is 1. The lowest BCUT2D eigenvalue weighted by atomic mass is 10.1. The Kier molecular flexibility index (Phi) is 6.95. The number of rotatable bonds is 9. The molecule has 0 radical (unpaired) electrons. The fraction of sp³-hybridized carbons (Fsp3) is 0.409. The van der Waals surface area contributed by atoms with E-state index in [1.54, 1.807) is 18.2 Å². The van der Waals surface area contributed by atoms with Crippen LogP contribution in [0.5, 0.6) is 23.0 Å². The quantitative estimate of drug-likeness (QED) is 0.647. The van der Waals surface area contributed by atoms with Crippen molar-refractivity contribution in [2.24, 2.45) is 0 Å². The first-order valence-electron chi connectivity index (χ1n) is 9.53. The molecule has 2 unspecified atom stereocenters. The number of carbonyl (C=O) groups excluding carboxylic acids is 1. The van der Waals surface area contributed by atoms with Crippen LogP contribution < -0.4 is 18.9 Å². The fourth-order valence-corrected chi connectivity index (χ4v) is 3.18. The predicted octanol–water partition coefficient (Wildman–Crippen LogP) is 2.41. The van der Waals surface area contributed by atoms with Crippen molar-refractivity contribution in [3.8, 4) is 23.0 Å². The summed E-state index contributed by atoms with van der Waals surface area (Å²) in [6.45, 7) is 3.09. The van der Waals surface area contributed by atoms with Gasteiger partial charge in [-0.25, -0.2) is 0 Å². The predicted molar refractivity (Wildman–Crippen MR) is 108 cm³/mol. The Bertz CT molecular complexity index is 840. The average Bonchev–Trinajstić information content (AvgIpc) is 2.71. The largest absolute Gasteiger partial charge is 0.493 e. The molecule has 1 heterocycles. The number of hydrogen-bond acceptors (Lipinski definition) is 7. The van der Waals surface area contributed by atoms with E-state index in [4.69, 9.17) is 18.9 Å². The smallest absolute Gasteiger partial charge is 0.161 e. The van der Waals surface area contributed by atoms with E-state index in [1.165, 1.54) is 14.0 Å². The summed E-state index contributed by atoms with van der Waals surface area (Å²) >= 11 is 0. The zero-order valence-corrected chi connectivity index (χ0v) is 17.0. The zero-order valence-electron chi connectivity index (χ0n) is 17.0. The Balaban J connectivity index is 1.47. The van der Waals surface area contributed by atoms with Crippen molar-refractivity contribution >= 4 is 5.78 Å². The molecule has 7 heteroatoms. The summed E-state index contributed by atoms with van der Waals surface area (Å²) in [5.41, 5.74) is 0.547. The lowest BCUT2D eigenvalue weighted by Crippen LogP contribution is -2.42. The van der Waals surface area contributed by atoms with Crippen LogP contribution in [0.15, 0.2) is 42.5 Å². The summed E-state index contributed by atoms with van der Waals surface area (Å²) in [7, 11) is 3.43. The standard InChI is InChI=1S/C22H27NO6/c1-15(24)16-8-9-20(22(10-16)26-3)27-13-17(25)11-23(2)12-18-14-28-19-6-4-5-7-21(19)29-18/h4-10,17-18,25H,11-14H2,1-3H3. The minimum Gasteiger partial charge on any atom is -0.493 e. The van der Waals surface area contributed by atoms with Gasteiger partial charge in [-0.1, -0.05) is 12.1 Å². The summed E-state index contributed by atoms with van der Waals surface area (Å²) in [6.07, 6.45) is -0.809. The first-order chi connectivity index (χ1) is 14.0. The molecule has 2 atom stereocenters. The van der Waals surface area contributed by atoms with Gasteiger partial charge in [0.15, 0.2) is 28.8 Å². The molecule has 156 valence electrons. The van der Waals surface area contributed by atoms with Gasteiger partial charge in [0.2, 0.25) is 0 Å². The molecule has 1 aliphatic rings. The van der Waals surface area contributed by atoms with Crippen molar-refractivity contribution in [1.29, 1.82) is 0 Å². The molecule has 0 fully saturated rings. The van der Waals surface area contributed by atoms with Crippen LogP contribution in [0.1, 0.15) is 17.3 Å². The van der Waals surface area contributed by atoms with Gasteiger partial charge in [-0.15, -0.1) is 0 Å². The molecular weight excluding hydrogens is 374 g/mol. The summed E-state index contributed by atoms with van der Waals surface area (Å²) in [5, 5.41) is 10.3. The van der Waals surface area contributed by atoms with Crippen LogP contribution in [0.25, 0.3) is 0 Å². The molecule has 29 heavy (non-hydrogen) atoms. The molecule has 0 spiro atoms. The normalized spacial score (nSPS) is 16.4. The lowest BCUT2D eigenvalue weighted by Gasteiger charge is -2.30. The van der Waals surface area contributed by atoms with Gasteiger partial charge in [0.25, 0.3) is 0 Å². The van der Waals surface area contributed by atoms with Gasteiger partial charge < -0.3 is 24.1 Å². The average molecular weight is 401 g/mol. The number of benzene rings is 2. The van der Waals surface area contributed by atoms with Crippen LogP contribution in [-0.4, -0.2) is 68.5 Å². The van der Waals surface area contributed by atoms with Gasteiger partial charge in [0.1, 0.15) is 25.4 Å². The molecule has 1 aliphatic heterocycles. The van der Waals surface area contributed by atoms with Crippen LogP contribution in [-0.2, 0) is 0 Å². The number of nitrogens with zero attached hydrogens (tertiary/aromatic N) is 1. The fourth-order valence-electron chi connectivity index (χ4n) is 3.18. The second-order valence-electron chi connectivity index (χ2n) is 7.11. The molecule has 0 saturated heterocycles. The van der Waals surface area contributed by atoms with Crippen LogP contribution in [0.4, 0.5) is 0 Å². The van der Waals surface area contributed by atoms with E-state index in [9.17, 15) is 9.90 Å². The summed E-state index contributed by atoms with van der Waals surface area (Å²) < 4.78 is 22.6. The number of hydrogen-bond donors (Lipinski definition) is 1. The summed E-state index contributed by atoms with van der Waals surface area (Å²) in [4.78, 5) is 13.5. The minimum atomic E-state index is -0.700. The number of aliphatic hydroxyl groups excluding tert-OH is 1.